The number of methoxy groups -OCH3 is 2. The Morgan fingerprint density at radius 3 is 2.32 bits per heavy atom. The number of halogens is 1. The molecule has 22 heavy (non-hydrogen) atoms. The molecule has 2 saturated heterocycles. The molecule has 0 amide bonds. The molecule has 0 radical (unpaired) electrons. The van der Waals surface area contributed by atoms with Crippen molar-refractivity contribution in [2.45, 2.75) is 48.8 Å². The van der Waals surface area contributed by atoms with Gasteiger partial charge in [0.2, 0.25) is 10.0 Å². The molecule has 2 atom stereocenters. The van der Waals surface area contributed by atoms with Crippen LogP contribution >= 0.6 is 0 Å². The topological polar surface area (TPSA) is 55.8 Å². The van der Waals surface area contributed by atoms with Crippen molar-refractivity contribution in [3.8, 4) is 5.75 Å². The second-order valence-electron chi connectivity index (χ2n) is 5.85. The molecule has 0 N–H and O–H groups in total. The third-order valence-electron chi connectivity index (χ3n) is 4.65. The van der Waals surface area contributed by atoms with Crippen molar-refractivity contribution < 1.29 is 22.3 Å². The molecule has 2 fully saturated rings. The number of benzene rings is 1. The fourth-order valence-electron chi connectivity index (χ4n) is 3.60. The molecular formula is C15H20FNO4S. The van der Waals surface area contributed by atoms with E-state index in [0.717, 1.165) is 18.9 Å². The van der Waals surface area contributed by atoms with E-state index in [1.165, 1.54) is 19.2 Å². The summed E-state index contributed by atoms with van der Waals surface area (Å²) in [6.45, 7) is 0. The number of fused-ring (bicyclic) bond motifs is 2. The summed E-state index contributed by atoms with van der Waals surface area (Å²) in [5, 5.41) is 0. The molecule has 7 heteroatoms. The van der Waals surface area contributed by atoms with Crippen molar-refractivity contribution in [1.82, 2.24) is 4.31 Å². The van der Waals surface area contributed by atoms with Crippen LogP contribution in [0.1, 0.15) is 25.7 Å². The average Bonchev–Trinajstić information content (AvgIpc) is 2.79. The highest BCUT2D eigenvalue weighted by molar-refractivity contribution is 7.89. The van der Waals surface area contributed by atoms with E-state index < -0.39 is 15.8 Å². The van der Waals surface area contributed by atoms with Gasteiger partial charge in [0.15, 0.2) is 11.6 Å². The van der Waals surface area contributed by atoms with Crippen LogP contribution in [0.5, 0.6) is 5.75 Å². The normalized spacial score (nSPS) is 28.8. The van der Waals surface area contributed by atoms with E-state index in [9.17, 15) is 12.8 Å². The van der Waals surface area contributed by atoms with Crippen LogP contribution in [0, 0.1) is 5.82 Å². The van der Waals surface area contributed by atoms with Crippen LogP contribution in [0.4, 0.5) is 4.39 Å². The molecule has 0 saturated carbocycles. The first-order valence-corrected chi connectivity index (χ1v) is 8.81. The number of hydrogen-bond donors (Lipinski definition) is 0. The third kappa shape index (κ3) is 2.51. The molecule has 1 aromatic carbocycles. The Kier molecular flexibility index (Phi) is 4.13. The monoisotopic (exact) mass is 329 g/mol. The van der Waals surface area contributed by atoms with Crippen LogP contribution in [-0.2, 0) is 14.8 Å². The predicted octanol–water partition coefficient (Wildman–Crippen LogP) is 2.16. The summed E-state index contributed by atoms with van der Waals surface area (Å²) >= 11 is 0. The SMILES string of the molecule is COc1ccc(S(=O)(=O)N2C3CCC2CC(OC)C3)cc1F. The molecule has 2 bridgehead atoms. The molecule has 2 aliphatic heterocycles. The molecule has 1 aromatic rings. The maximum Gasteiger partial charge on any atom is 0.243 e. The van der Waals surface area contributed by atoms with Crippen molar-refractivity contribution >= 4 is 10.0 Å². The standard InChI is InChI=1S/C15H20FNO4S/c1-20-12-7-10-3-4-11(8-12)17(10)22(18,19)13-5-6-15(21-2)14(16)9-13/h5-6,9-12H,3-4,7-8H2,1-2H3. The summed E-state index contributed by atoms with van der Waals surface area (Å²) < 4.78 is 51.4. The first-order chi connectivity index (χ1) is 10.5. The van der Waals surface area contributed by atoms with Gasteiger partial charge in [-0.15, -0.1) is 0 Å². The minimum Gasteiger partial charge on any atom is -0.494 e. The highest BCUT2D eigenvalue weighted by atomic mass is 32.2. The lowest BCUT2D eigenvalue weighted by molar-refractivity contribution is 0.0349. The summed E-state index contributed by atoms with van der Waals surface area (Å²) in [5.41, 5.74) is 0. The van der Waals surface area contributed by atoms with Gasteiger partial charge in [-0.05, 0) is 43.9 Å². The molecule has 2 heterocycles. The Morgan fingerprint density at radius 2 is 1.82 bits per heavy atom. The van der Waals surface area contributed by atoms with Crippen LogP contribution < -0.4 is 4.74 Å². The van der Waals surface area contributed by atoms with Crippen LogP contribution in [0.25, 0.3) is 0 Å². The van der Waals surface area contributed by atoms with E-state index in [4.69, 9.17) is 9.47 Å². The van der Waals surface area contributed by atoms with Gasteiger partial charge < -0.3 is 9.47 Å². The summed E-state index contributed by atoms with van der Waals surface area (Å²) in [5.74, 6) is -0.622. The Hall–Kier alpha value is -1.18. The molecule has 2 aliphatic rings. The van der Waals surface area contributed by atoms with Crippen molar-refractivity contribution in [2.24, 2.45) is 0 Å². The summed E-state index contributed by atoms with van der Waals surface area (Å²) in [6, 6.07) is 3.68. The fourth-order valence-corrected chi connectivity index (χ4v) is 5.50. The highest BCUT2D eigenvalue weighted by Crippen LogP contribution is 2.40. The summed E-state index contributed by atoms with van der Waals surface area (Å²) in [6.07, 6.45) is 3.18. The van der Waals surface area contributed by atoms with Gasteiger partial charge >= 0.3 is 0 Å². The molecule has 0 aliphatic carbocycles. The zero-order valence-electron chi connectivity index (χ0n) is 12.7. The first kappa shape index (κ1) is 15.7. The van der Waals surface area contributed by atoms with Crippen LogP contribution in [0.2, 0.25) is 0 Å². The van der Waals surface area contributed by atoms with Gasteiger partial charge in [0.25, 0.3) is 0 Å². The molecule has 122 valence electrons. The lowest BCUT2D eigenvalue weighted by Crippen LogP contribution is -2.48. The van der Waals surface area contributed by atoms with Gasteiger partial charge in [0, 0.05) is 19.2 Å². The first-order valence-electron chi connectivity index (χ1n) is 7.37. The molecule has 0 spiro atoms. The van der Waals surface area contributed by atoms with E-state index in [1.54, 1.807) is 11.4 Å². The maximum atomic E-state index is 13.8. The number of sulfonamides is 1. The Morgan fingerprint density at radius 1 is 1.18 bits per heavy atom. The largest absolute Gasteiger partial charge is 0.494 e. The van der Waals surface area contributed by atoms with Crippen LogP contribution in [-0.4, -0.2) is 45.1 Å². The average molecular weight is 329 g/mol. The van der Waals surface area contributed by atoms with Crippen molar-refractivity contribution in [3.63, 3.8) is 0 Å². The van der Waals surface area contributed by atoms with Crippen molar-refractivity contribution in [2.75, 3.05) is 14.2 Å². The lowest BCUT2D eigenvalue weighted by Gasteiger charge is -2.37. The van der Waals surface area contributed by atoms with E-state index in [0.29, 0.717) is 12.8 Å². The van der Waals surface area contributed by atoms with Gasteiger partial charge in [-0.1, -0.05) is 0 Å². The van der Waals surface area contributed by atoms with Gasteiger partial charge in [-0.25, -0.2) is 12.8 Å². The zero-order chi connectivity index (χ0) is 15.9. The van der Waals surface area contributed by atoms with Crippen LogP contribution in [0.3, 0.4) is 0 Å². The number of hydrogen-bond acceptors (Lipinski definition) is 4. The number of ether oxygens (including phenoxy) is 2. The third-order valence-corrected chi connectivity index (χ3v) is 6.66. The van der Waals surface area contributed by atoms with E-state index in [2.05, 4.69) is 0 Å². The van der Waals surface area contributed by atoms with E-state index >= 15 is 0 Å². The highest BCUT2D eigenvalue weighted by Gasteiger charge is 2.47. The molecule has 0 aromatic heterocycles. The molecule has 3 rings (SSSR count). The second-order valence-corrected chi connectivity index (χ2v) is 7.69. The summed E-state index contributed by atoms with van der Waals surface area (Å²) in [4.78, 5) is -0.0152. The van der Waals surface area contributed by atoms with Crippen molar-refractivity contribution in [3.05, 3.63) is 24.0 Å². The van der Waals surface area contributed by atoms with Crippen molar-refractivity contribution in [1.29, 1.82) is 0 Å². The number of rotatable bonds is 4. The quantitative estimate of drug-likeness (QED) is 0.849. The van der Waals surface area contributed by atoms with E-state index in [-0.39, 0.29) is 28.8 Å². The number of piperidine rings is 1. The smallest absolute Gasteiger partial charge is 0.243 e. The van der Waals surface area contributed by atoms with Gasteiger partial charge in [0.05, 0.1) is 18.1 Å². The van der Waals surface area contributed by atoms with Crippen LogP contribution in [0.15, 0.2) is 23.1 Å². The molecule has 2 unspecified atom stereocenters. The number of nitrogens with zero attached hydrogens (tertiary/aromatic N) is 1. The Labute approximate surface area is 130 Å². The second kappa shape index (κ2) is 5.79. The molecular weight excluding hydrogens is 309 g/mol. The summed E-state index contributed by atoms with van der Waals surface area (Å²) in [7, 11) is -0.685. The maximum absolute atomic E-state index is 13.8. The lowest BCUT2D eigenvalue weighted by atomic mass is 10.0. The van der Waals surface area contributed by atoms with Gasteiger partial charge in [-0.3, -0.25) is 0 Å². The minimum absolute atomic E-state index is 0.0152. The van der Waals surface area contributed by atoms with Gasteiger partial charge in [0.1, 0.15) is 0 Å². The molecule has 5 nitrogen and oxygen atoms in total. The fraction of sp³-hybridized carbons (Fsp3) is 0.600. The minimum atomic E-state index is -3.69. The predicted molar refractivity (Wildman–Crippen MR) is 78.8 cm³/mol. The van der Waals surface area contributed by atoms with Gasteiger partial charge in [-0.2, -0.15) is 4.31 Å². The van der Waals surface area contributed by atoms with E-state index in [1.807, 2.05) is 0 Å². The zero-order valence-corrected chi connectivity index (χ0v) is 13.5. The Bertz CT molecular complexity index is 650. The Balaban J connectivity index is 1.92.